The Hall–Kier alpha value is -1.87. The molecule has 0 bridgehead atoms. The van der Waals surface area contributed by atoms with Gasteiger partial charge in [0.2, 0.25) is 0 Å². The topological polar surface area (TPSA) is 53.3 Å². The van der Waals surface area contributed by atoms with E-state index in [1.165, 1.54) is 11.3 Å². The number of hydrogen-bond donors (Lipinski definition) is 0. The smallest absolute Gasteiger partial charge is 0.264 e. The fourth-order valence-electron chi connectivity index (χ4n) is 2.61. The van der Waals surface area contributed by atoms with E-state index in [9.17, 15) is 4.79 Å². The second-order valence-electron chi connectivity index (χ2n) is 5.46. The van der Waals surface area contributed by atoms with E-state index in [1.54, 1.807) is 16.3 Å². The van der Waals surface area contributed by atoms with Crippen LogP contribution in [0.4, 0.5) is 0 Å². The van der Waals surface area contributed by atoms with Gasteiger partial charge in [-0.05, 0) is 19.1 Å². The van der Waals surface area contributed by atoms with E-state index in [0.717, 1.165) is 5.56 Å². The van der Waals surface area contributed by atoms with Crippen LogP contribution in [0.15, 0.2) is 35.7 Å². The third kappa shape index (κ3) is 3.25. The Balaban J connectivity index is 1.82. The number of halogens is 1. The lowest BCUT2D eigenvalue weighted by atomic mass is 10.1. The molecule has 3 rings (SSSR count). The van der Waals surface area contributed by atoms with Crippen molar-refractivity contribution >= 4 is 28.8 Å². The average molecular weight is 347 g/mol. The van der Waals surface area contributed by atoms with E-state index in [4.69, 9.17) is 21.6 Å². The van der Waals surface area contributed by atoms with Gasteiger partial charge < -0.3 is 9.64 Å². The molecule has 0 N–H and O–H groups in total. The molecule has 4 nitrogen and oxygen atoms in total. The number of amides is 1. The zero-order chi connectivity index (χ0) is 16.4. The first-order valence-electron chi connectivity index (χ1n) is 7.25. The summed E-state index contributed by atoms with van der Waals surface area (Å²) in [5.41, 5.74) is 1.41. The number of carbonyl (C=O) groups is 1. The van der Waals surface area contributed by atoms with Crippen molar-refractivity contribution in [1.82, 2.24) is 4.90 Å². The molecule has 1 amide bonds. The number of nitrogens with zero attached hydrogens (tertiary/aromatic N) is 2. The average Bonchev–Trinajstić information content (AvgIpc) is 3.04. The molecule has 1 fully saturated rings. The summed E-state index contributed by atoms with van der Waals surface area (Å²) in [6, 6.07) is 11.2. The highest BCUT2D eigenvalue weighted by Gasteiger charge is 2.32. The molecule has 1 saturated heterocycles. The van der Waals surface area contributed by atoms with Gasteiger partial charge in [-0.3, -0.25) is 4.79 Å². The minimum Gasteiger partial charge on any atom is -0.369 e. The molecule has 1 aliphatic heterocycles. The maximum absolute atomic E-state index is 12.7. The molecule has 2 heterocycles. The molecule has 6 heteroatoms. The molecule has 1 aromatic carbocycles. The molecule has 1 aromatic heterocycles. The molecular weight excluding hydrogens is 332 g/mol. The molecule has 118 valence electrons. The van der Waals surface area contributed by atoms with Gasteiger partial charge in [0.1, 0.15) is 12.2 Å². The summed E-state index contributed by atoms with van der Waals surface area (Å²) in [4.78, 5) is 15.1. The Morgan fingerprint density at radius 3 is 2.96 bits per heavy atom. The molecule has 23 heavy (non-hydrogen) atoms. The maximum Gasteiger partial charge on any atom is 0.264 e. The van der Waals surface area contributed by atoms with E-state index in [1.807, 2.05) is 31.2 Å². The van der Waals surface area contributed by atoms with Crippen LogP contribution in [-0.2, 0) is 4.74 Å². The first kappa shape index (κ1) is 16.0. The van der Waals surface area contributed by atoms with Gasteiger partial charge in [0, 0.05) is 16.0 Å². The summed E-state index contributed by atoms with van der Waals surface area (Å²) >= 11 is 7.54. The number of morpholine rings is 1. The van der Waals surface area contributed by atoms with Gasteiger partial charge in [-0.15, -0.1) is 11.3 Å². The van der Waals surface area contributed by atoms with Crippen LogP contribution < -0.4 is 0 Å². The van der Waals surface area contributed by atoms with E-state index in [2.05, 4.69) is 6.07 Å². The van der Waals surface area contributed by atoms with Crippen molar-refractivity contribution < 1.29 is 9.53 Å². The molecule has 2 aromatic rings. The monoisotopic (exact) mass is 346 g/mol. The van der Waals surface area contributed by atoms with Crippen molar-refractivity contribution in [3.05, 3.63) is 56.7 Å². The van der Waals surface area contributed by atoms with E-state index < -0.39 is 0 Å². The number of rotatable bonds is 2. The number of benzene rings is 1. The lowest BCUT2D eigenvalue weighted by molar-refractivity contribution is -0.0484. The van der Waals surface area contributed by atoms with Crippen LogP contribution in [0.3, 0.4) is 0 Å². The minimum atomic E-state index is -0.237. The van der Waals surface area contributed by atoms with Gasteiger partial charge in [-0.2, -0.15) is 5.26 Å². The van der Waals surface area contributed by atoms with Crippen LogP contribution in [0, 0.1) is 11.3 Å². The molecule has 0 aliphatic carbocycles. The first-order valence-corrected chi connectivity index (χ1v) is 8.51. The van der Waals surface area contributed by atoms with Crippen LogP contribution in [0.2, 0.25) is 5.02 Å². The fraction of sp³-hybridized carbons (Fsp3) is 0.294. The summed E-state index contributed by atoms with van der Waals surface area (Å²) in [6.45, 7) is 2.86. The fourth-order valence-corrected chi connectivity index (χ4v) is 3.66. The zero-order valence-electron chi connectivity index (χ0n) is 12.5. The highest BCUT2D eigenvalue weighted by molar-refractivity contribution is 7.12. The van der Waals surface area contributed by atoms with Crippen LogP contribution in [0.5, 0.6) is 0 Å². The lowest BCUT2D eigenvalue weighted by Crippen LogP contribution is -2.48. The molecular formula is C17H15ClN2O2S. The summed E-state index contributed by atoms with van der Waals surface area (Å²) < 4.78 is 5.87. The molecule has 2 atom stereocenters. The molecule has 0 spiro atoms. The highest BCUT2D eigenvalue weighted by Crippen LogP contribution is 2.31. The van der Waals surface area contributed by atoms with E-state index >= 15 is 0 Å². The highest BCUT2D eigenvalue weighted by atomic mass is 35.5. The van der Waals surface area contributed by atoms with Crippen LogP contribution in [0.1, 0.15) is 33.8 Å². The van der Waals surface area contributed by atoms with Gasteiger partial charge >= 0.3 is 0 Å². The SMILES string of the molecule is C[C@@H]1CO[C@@H](c2ccccc2Cl)CN1C(=O)c1cc(C#N)cs1. The summed E-state index contributed by atoms with van der Waals surface area (Å²) in [7, 11) is 0. The number of nitriles is 1. The summed E-state index contributed by atoms with van der Waals surface area (Å²) in [5, 5.41) is 11.3. The normalized spacial score (nSPS) is 21.0. The predicted octanol–water partition coefficient (Wildman–Crippen LogP) is 3.88. The number of carbonyl (C=O) groups excluding carboxylic acids is 1. The first-order chi connectivity index (χ1) is 11.1. The number of hydrogen-bond acceptors (Lipinski definition) is 4. The number of thiophene rings is 1. The third-order valence-corrected chi connectivity index (χ3v) is 5.15. The number of ether oxygens (including phenoxy) is 1. The van der Waals surface area contributed by atoms with Crippen molar-refractivity contribution in [3.63, 3.8) is 0 Å². The molecule has 0 radical (unpaired) electrons. The Kier molecular flexibility index (Phi) is 4.67. The largest absolute Gasteiger partial charge is 0.369 e. The van der Waals surface area contributed by atoms with Crippen LogP contribution in [-0.4, -0.2) is 30.0 Å². The van der Waals surface area contributed by atoms with Gasteiger partial charge in [-0.25, -0.2) is 0 Å². The van der Waals surface area contributed by atoms with Crippen molar-refractivity contribution in [2.45, 2.75) is 19.1 Å². The summed E-state index contributed by atoms with van der Waals surface area (Å²) in [5.74, 6) is -0.0654. The quantitative estimate of drug-likeness (QED) is 0.829. The molecule has 1 aliphatic rings. The third-order valence-electron chi connectivity index (χ3n) is 3.89. The minimum absolute atomic E-state index is 0.0196. The van der Waals surface area contributed by atoms with Crippen LogP contribution >= 0.6 is 22.9 Å². The van der Waals surface area contributed by atoms with Crippen molar-refractivity contribution in [2.24, 2.45) is 0 Å². The molecule has 0 saturated carbocycles. The van der Waals surface area contributed by atoms with Gasteiger partial charge in [0.25, 0.3) is 5.91 Å². The standard InChI is InChI=1S/C17H15ClN2O2S/c1-11-9-22-15(13-4-2-3-5-14(13)18)8-20(11)17(21)16-6-12(7-19)10-23-16/h2-6,10-11,15H,8-9H2,1H3/t11-,15-/m1/s1. The summed E-state index contributed by atoms with van der Waals surface area (Å²) in [6.07, 6.45) is -0.237. The Morgan fingerprint density at radius 2 is 2.26 bits per heavy atom. The maximum atomic E-state index is 12.7. The van der Waals surface area contributed by atoms with Gasteiger partial charge in [-0.1, -0.05) is 29.8 Å². The van der Waals surface area contributed by atoms with Crippen molar-refractivity contribution in [1.29, 1.82) is 5.26 Å². The van der Waals surface area contributed by atoms with E-state index in [-0.39, 0.29) is 18.1 Å². The zero-order valence-corrected chi connectivity index (χ0v) is 14.1. The van der Waals surface area contributed by atoms with Crippen molar-refractivity contribution in [3.8, 4) is 6.07 Å². The Bertz CT molecular complexity index is 768. The van der Waals surface area contributed by atoms with Crippen molar-refractivity contribution in [2.75, 3.05) is 13.2 Å². The Labute approximate surface area is 143 Å². The van der Waals surface area contributed by atoms with Gasteiger partial charge in [0.05, 0.1) is 29.6 Å². The Morgan fingerprint density at radius 1 is 1.48 bits per heavy atom. The second kappa shape index (κ2) is 6.71. The lowest BCUT2D eigenvalue weighted by Gasteiger charge is -2.38. The van der Waals surface area contributed by atoms with Crippen LogP contribution in [0.25, 0.3) is 0 Å². The predicted molar refractivity (Wildman–Crippen MR) is 89.7 cm³/mol. The van der Waals surface area contributed by atoms with Gasteiger partial charge in [0.15, 0.2) is 0 Å². The van der Waals surface area contributed by atoms with E-state index in [0.29, 0.717) is 28.6 Å². The second-order valence-corrected chi connectivity index (χ2v) is 6.78. The molecule has 0 unspecified atom stereocenters.